The Morgan fingerprint density at radius 2 is 0.615 bits per heavy atom. The number of rotatable bonds is 4. The highest BCUT2D eigenvalue weighted by Gasteiger charge is 2.30. The minimum atomic E-state index is -2.51. The molecule has 2 rings (SSSR count). The Balaban J connectivity index is 2.39. The minimum absolute atomic E-state index is 1.35. The fraction of sp³-hybridized carbons (Fsp3) is 0.0769. The maximum atomic E-state index is 13.4. The van der Waals surface area contributed by atoms with E-state index in [1.54, 1.807) is 0 Å². The number of hydrogen-bond acceptors (Lipinski definition) is 2. The van der Waals surface area contributed by atoms with Gasteiger partial charge in [-0.3, -0.25) is 0 Å². The third-order valence-corrected chi connectivity index (χ3v) is 3.08. The average molecular weight is 406 g/mol. The number of hydrogen-bond donors (Lipinski definition) is 0. The first kappa shape index (κ1) is 20.2. The lowest BCUT2D eigenvalue weighted by molar-refractivity contribution is 0.0574. The molecule has 138 valence electrons. The Morgan fingerprint density at radius 3 is 0.846 bits per heavy atom. The van der Waals surface area contributed by atoms with Gasteiger partial charge in [-0.15, -0.1) is 0 Å². The highest BCUT2D eigenvalue weighted by atomic mass is 27.0. The van der Waals surface area contributed by atoms with Crippen molar-refractivity contribution in [3.63, 3.8) is 0 Å². The predicted molar refractivity (Wildman–Crippen MR) is 63.3 cm³/mol. The van der Waals surface area contributed by atoms with E-state index in [0.717, 1.165) is 0 Å². The molecule has 0 aliphatic rings. The van der Waals surface area contributed by atoms with Gasteiger partial charge in [0.1, 0.15) is 5.15 Å². The molecule has 0 saturated heterocycles. The number of halogens is 10. The summed E-state index contributed by atoms with van der Waals surface area (Å²) in [6.07, 6.45) is 0. The van der Waals surface area contributed by atoms with Crippen LogP contribution in [0.5, 0.6) is 11.5 Å². The first-order valence-electron chi connectivity index (χ1n) is 6.10. The third kappa shape index (κ3) is 3.28. The van der Waals surface area contributed by atoms with Crippen molar-refractivity contribution in [1.82, 2.24) is 0 Å². The van der Waals surface area contributed by atoms with Crippen molar-refractivity contribution in [2.45, 2.75) is 5.15 Å². The minimum Gasteiger partial charge on any atom is -0.467 e. The maximum Gasteiger partial charge on any atom is 0.266 e. The molecule has 2 aromatic carbocycles. The third-order valence-electron chi connectivity index (χ3n) is 2.81. The summed E-state index contributed by atoms with van der Waals surface area (Å²) in [4.78, 5) is 0. The monoisotopic (exact) mass is 406 g/mol. The Kier molecular flexibility index (Phi) is 5.62. The highest BCUT2D eigenvalue weighted by Crippen LogP contribution is 2.32. The Bertz CT molecular complexity index is 759. The molecule has 0 N–H and O–H groups in total. The molecule has 0 saturated carbocycles. The smallest absolute Gasteiger partial charge is 0.266 e. The fourth-order valence-corrected chi connectivity index (χ4v) is 1.90. The van der Waals surface area contributed by atoms with Crippen LogP contribution < -0.4 is 9.47 Å². The summed E-state index contributed by atoms with van der Waals surface area (Å²) in [5.74, 6) is -28.2. The summed E-state index contributed by atoms with van der Waals surface area (Å²) >= 11 is 1.35. The van der Waals surface area contributed by atoms with Gasteiger partial charge < -0.3 is 9.47 Å². The van der Waals surface area contributed by atoms with Gasteiger partial charge in [0.25, 0.3) is 16.3 Å². The summed E-state index contributed by atoms with van der Waals surface area (Å²) < 4.78 is 140. The van der Waals surface area contributed by atoms with Crippen molar-refractivity contribution < 1.29 is 53.4 Å². The van der Waals surface area contributed by atoms with Gasteiger partial charge in [-0.05, 0) is 0 Å². The van der Waals surface area contributed by atoms with Crippen molar-refractivity contribution in [1.29, 1.82) is 0 Å². The molecule has 0 bridgehead atoms. The normalized spacial score (nSPS) is 11.2. The average Bonchev–Trinajstić information content (AvgIpc) is 2.62. The number of benzene rings is 2. The lowest BCUT2D eigenvalue weighted by Gasteiger charge is -2.20. The SMILES string of the molecule is Fc1c(F)c(F)c(O[CH]([Al])Oc2c(F)c(F)c(F)c(F)c2F)c(F)c1F. The van der Waals surface area contributed by atoms with E-state index in [9.17, 15) is 43.9 Å². The molecule has 2 nitrogen and oxygen atoms in total. The van der Waals surface area contributed by atoms with Gasteiger partial charge in [0.15, 0.2) is 11.5 Å². The lowest BCUT2D eigenvalue weighted by Crippen LogP contribution is -2.27. The molecule has 2 aromatic rings. The fourth-order valence-electron chi connectivity index (χ4n) is 1.63. The molecule has 0 heterocycles. The molecule has 0 amide bonds. The summed E-state index contributed by atoms with van der Waals surface area (Å²) in [6.45, 7) is 0. The van der Waals surface area contributed by atoms with Crippen LogP contribution in [0.3, 0.4) is 0 Å². The van der Waals surface area contributed by atoms with Gasteiger partial charge in [0, 0.05) is 0 Å². The molecule has 0 unspecified atom stereocenters. The van der Waals surface area contributed by atoms with E-state index in [2.05, 4.69) is 9.47 Å². The van der Waals surface area contributed by atoms with Crippen molar-refractivity contribution in [3.05, 3.63) is 58.2 Å². The van der Waals surface area contributed by atoms with Gasteiger partial charge in [0.05, 0.1) is 0 Å². The maximum absolute atomic E-state index is 13.4. The molecule has 0 atom stereocenters. The van der Waals surface area contributed by atoms with E-state index < -0.39 is 74.8 Å². The van der Waals surface area contributed by atoms with Crippen molar-refractivity contribution >= 4 is 16.3 Å². The van der Waals surface area contributed by atoms with Crippen LogP contribution in [0.1, 0.15) is 0 Å². The second-order valence-corrected chi connectivity index (χ2v) is 4.95. The van der Waals surface area contributed by atoms with E-state index in [4.69, 9.17) is 0 Å². The second kappa shape index (κ2) is 7.24. The zero-order valence-electron chi connectivity index (χ0n) is 11.8. The van der Waals surface area contributed by atoms with Crippen molar-refractivity contribution in [3.8, 4) is 11.5 Å². The van der Waals surface area contributed by atoms with E-state index in [0.29, 0.717) is 0 Å². The van der Waals surface area contributed by atoms with Crippen LogP contribution in [-0.2, 0) is 0 Å². The largest absolute Gasteiger partial charge is 0.467 e. The van der Waals surface area contributed by atoms with Gasteiger partial charge in [0.2, 0.25) is 58.2 Å². The van der Waals surface area contributed by atoms with Crippen LogP contribution in [0.15, 0.2) is 0 Å². The first-order chi connectivity index (χ1) is 12.0. The van der Waals surface area contributed by atoms with Gasteiger partial charge in [-0.25, -0.2) is 26.3 Å². The molecule has 0 fully saturated rings. The molecule has 0 aromatic heterocycles. The van der Waals surface area contributed by atoms with Crippen LogP contribution in [0.4, 0.5) is 43.9 Å². The Morgan fingerprint density at radius 1 is 0.423 bits per heavy atom. The lowest BCUT2D eigenvalue weighted by atomic mass is 10.2. The van der Waals surface area contributed by atoms with Crippen molar-refractivity contribution in [2.75, 3.05) is 0 Å². The topological polar surface area (TPSA) is 18.5 Å². The Labute approximate surface area is 145 Å². The van der Waals surface area contributed by atoms with Crippen LogP contribution in [0.25, 0.3) is 0 Å². The van der Waals surface area contributed by atoms with Gasteiger partial charge in [-0.1, -0.05) is 0 Å². The van der Waals surface area contributed by atoms with Crippen molar-refractivity contribution in [2.24, 2.45) is 0 Å². The number of ether oxygens (including phenoxy) is 2. The quantitative estimate of drug-likeness (QED) is 0.252. The standard InChI is InChI=1S/C13HF10O2.Al/c14-2-4(16)8(20)12(9(21)5(2)17)24-1-25-13-10(22)6(18)3(15)7(19)11(13)23;/h1H;. The molecule has 0 aliphatic carbocycles. The van der Waals surface area contributed by atoms with Crippen LogP contribution in [0, 0.1) is 58.2 Å². The first-order valence-corrected chi connectivity index (χ1v) is 6.77. The van der Waals surface area contributed by atoms with E-state index in [1.165, 1.54) is 16.3 Å². The molecule has 26 heavy (non-hydrogen) atoms. The van der Waals surface area contributed by atoms with E-state index in [-0.39, 0.29) is 0 Å². The summed E-state index contributed by atoms with van der Waals surface area (Å²) in [5, 5.41) is -2.31. The summed E-state index contributed by atoms with van der Waals surface area (Å²) in [5.41, 5.74) is 0. The molecule has 0 spiro atoms. The van der Waals surface area contributed by atoms with Crippen LogP contribution in [0.2, 0.25) is 0 Å². The highest BCUT2D eigenvalue weighted by molar-refractivity contribution is 6.10. The van der Waals surface area contributed by atoms with Gasteiger partial charge >= 0.3 is 0 Å². The Hall–Kier alpha value is -2.13. The predicted octanol–water partition coefficient (Wildman–Crippen LogP) is 3.99. The zero-order chi connectivity index (χ0) is 19.9. The summed E-state index contributed by atoms with van der Waals surface area (Å²) in [6, 6.07) is 0. The van der Waals surface area contributed by atoms with Gasteiger partial charge in [-0.2, -0.15) is 17.6 Å². The molecular formula is C13HAlF10O2. The van der Waals surface area contributed by atoms with Crippen LogP contribution >= 0.6 is 0 Å². The molecule has 0 aliphatic heterocycles. The van der Waals surface area contributed by atoms with Crippen LogP contribution in [-0.4, -0.2) is 21.4 Å². The molecule has 13 heteroatoms. The summed E-state index contributed by atoms with van der Waals surface area (Å²) in [7, 11) is 0. The second-order valence-electron chi connectivity index (χ2n) is 4.40. The molecular weight excluding hydrogens is 405 g/mol. The molecule has 2 radical (unpaired) electrons. The van der Waals surface area contributed by atoms with E-state index in [1.807, 2.05) is 0 Å². The zero-order valence-corrected chi connectivity index (χ0v) is 12.9. The van der Waals surface area contributed by atoms with E-state index >= 15 is 0 Å².